The summed E-state index contributed by atoms with van der Waals surface area (Å²) in [7, 11) is 1.53. The minimum Gasteiger partial charge on any atom is -0.543 e. The quantitative estimate of drug-likeness (QED) is 0.464. The van der Waals surface area contributed by atoms with Crippen LogP contribution in [-0.4, -0.2) is 41.1 Å². The third-order valence-electron chi connectivity index (χ3n) is 4.34. The number of aliphatic carboxylic acids is 1. The Morgan fingerprint density at radius 2 is 2.17 bits per heavy atom. The number of hydrogen-bond acceptors (Lipinski definition) is 5. The van der Waals surface area contributed by atoms with Gasteiger partial charge >= 0.3 is 29.6 Å². The monoisotopic (exact) mass is 325 g/mol. The van der Waals surface area contributed by atoms with E-state index in [-0.39, 0.29) is 47.2 Å². The summed E-state index contributed by atoms with van der Waals surface area (Å²) in [5.41, 5.74) is 1.13. The molecule has 3 atom stereocenters. The number of rotatable bonds is 4. The van der Waals surface area contributed by atoms with Crippen molar-refractivity contribution in [3.8, 4) is 5.75 Å². The number of hydrogen-bond donors (Lipinski definition) is 1. The fraction of sp³-hybridized carbons (Fsp3) is 0.375. The Balaban J connectivity index is 0.00000192. The van der Waals surface area contributed by atoms with Gasteiger partial charge in [-0.15, -0.1) is 0 Å². The summed E-state index contributed by atoms with van der Waals surface area (Å²) in [6, 6.07) is 6.70. The number of nitrogens with zero attached hydrogens (tertiary/aromatic N) is 1. The van der Waals surface area contributed by atoms with Crippen LogP contribution in [0.1, 0.15) is 18.9 Å². The van der Waals surface area contributed by atoms with E-state index in [0.717, 1.165) is 0 Å². The maximum absolute atomic E-state index is 12.1. The third kappa shape index (κ3) is 2.80. The Labute approximate surface area is 156 Å². The molecule has 0 saturated carbocycles. The van der Waals surface area contributed by atoms with Crippen LogP contribution in [0.3, 0.4) is 0 Å². The van der Waals surface area contributed by atoms with E-state index in [4.69, 9.17) is 4.74 Å². The number of ether oxygens (including phenoxy) is 1. The van der Waals surface area contributed by atoms with Crippen molar-refractivity contribution < 1.29 is 54.1 Å². The molecule has 1 fully saturated rings. The number of carboxylic acids is 1. The standard InChI is InChI=1S/C16H17NO5.Na/c1-8(18)13-12-7-11(9-4-3-5-10(6-9)22-2)14(16(20)21)17(12)15(13)19;/h3-6,8,12-13,18H,7H2,1-2H3,(H,20,21);/q;+1/p-1/t8-,12-,13-;/m1./s1. The molecule has 0 aliphatic carbocycles. The summed E-state index contributed by atoms with van der Waals surface area (Å²) in [5, 5.41) is 21.2. The fourth-order valence-corrected chi connectivity index (χ4v) is 3.33. The number of methoxy groups -OCH3 is 1. The molecule has 0 unspecified atom stereocenters. The summed E-state index contributed by atoms with van der Waals surface area (Å²) < 4.78 is 5.15. The van der Waals surface area contributed by atoms with Crippen LogP contribution in [0.25, 0.3) is 5.57 Å². The van der Waals surface area contributed by atoms with Gasteiger partial charge in [-0.05, 0) is 36.6 Å². The number of aliphatic hydroxyl groups excluding tert-OH is 1. The van der Waals surface area contributed by atoms with E-state index >= 15 is 0 Å². The van der Waals surface area contributed by atoms with Crippen LogP contribution in [0.4, 0.5) is 0 Å². The smallest absolute Gasteiger partial charge is 0.543 e. The van der Waals surface area contributed by atoms with Crippen molar-refractivity contribution in [3.63, 3.8) is 0 Å². The Hall–Kier alpha value is -1.34. The molecule has 6 nitrogen and oxygen atoms in total. The number of aliphatic hydroxyl groups is 1. The Morgan fingerprint density at radius 3 is 2.74 bits per heavy atom. The van der Waals surface area contributed by atoms with Crippen molar-refractivity contribution in [3.05, 3.63) is 35.5 Å². The van der Waals surface area contributed by atoms with Gasteiger partial charge in [0.15, 0.2) is 0 Å². The molecule has 0 aromatic heterocycles. The SMILES string of the molecule is COc1cccc(C2=C(C(=O)[O-])N3C(=O)[C@H]([C@@H](C)O)[C@H]3C2)c1.[Na+]. The maximum Gasteiger partial charge on any atom is 1.00 e. The minimum atomic E-state index is -1.38. The first-order valence-corrected chi connectivity index (χ1v) is 7.05. The zero-order valence-corrected chi connectivity index (χ0v) is 15.3. The second-order valence-corrected chi connectivity index (χ2v) is 5.59. The van der Waals surface area contributed by atoms with Gasteiger partial charge in [0.2, 0.25) is 5.91 Å². The number of carbonyl (C=O) groups excluding carboxylic acids is 2. The van der Waals surface area contributed by atoms with Gasteiger partial charge in [-0.25, -0.2) is 0 Å². The van der Waals surface area contributed by atoms with E-state index in [0.29, 0.717) is 23.3 Å². The van der Waals surface area contributed by atoms with Crippen molar-refractivity contribution in [2.24, 2.45) is 5.92 Å². The molecule has 0 radical (unpaired) electrons. The minimum absolute atomic E-state index is 0. The molecule has 7 heteroatoms. The second kappa shape index (κ2) is 6.65. The summed E-state index contributed by atoms with van der Waals surface area (Å²) in [6.07, 6.45) is -0.418. The molecule has 1 N–H and O–H groups in total. The number of carbonyl (C=O) groups is 2. The van der Waals surface area contributed by atoms with Gasteiger partial charge in [0.1, 0.15) is 5.75 Å². The molecular formula is C16H16NNaO5. The van der Waals surface area contributed by atoms with Crippen LogP contribution >= 0.6 is 0 Å². The van der Waals surface area contributed by atoms with Crippen LogP contribution in [0.5, 0.6) is 5.75 Å². The molecule has 116 valence electrons. The third-order valence-corrected chi connectivity index (χ3v) is 4.34. The summed E-state index contributed by atoms with van der Waals surface area (Å²) in [4.78, 5) is 24.8. The zero-order valence-electron chi connectivity index (χ0n) is 13.3. The van der Waals surface area contributed by atoms with Gasteiger partial charge in [-0.2, -0.15) is 0 Å². The molecule has 23 heavy (non-hydrogen) atoms. The van der Waals surface area contributed by atoms with Gasteiger partial charge in [0.25, 0.3) is 0 Å². The zero-order chi connectivity index (χ0) is 16.0. The fourth-order valence-electron chi connectivity index (χ4n) is 3.33. The molecule has 1 saturated heterocycles. The number of carboxylic acid groups (broad SMARTS) is 1. The predicted molar refractivity (Wildman–Crippen MR) is 75.3 cm³/mol. The van der Waals surface area contributed by atoms with Crippen molar-refractivity contribution in [2.75, 3.05) is 7.11 Å². The topological polar surface area (TPSA) is 89.9 Å². The average Bonchev–Trinajstić information content (AvgIpc) is 2.82. The summed E-state index contributed by atoms with van der Waals surface area (Å²) in [6.45, 7) is 1.54. The summed E-state index contributed by atoms with van der Waals surface area (Å²) >= 11 is 0. The van der Waals surface area contributed by atoms with Crippen LogP contribution in [0.2, 0.25) is 0 Å². The van der Waals surface area contributed by atoms with E-state index < -0.39 is 18.0 Å². The average molecular weight is 325 g/mol. The molecular weight excluding hydrogens is 309 g/mol. The molecule has 1 amide bonds. The molecule has 2 heterocycles. The van der Waals surface area contributed by atoms with Gasteiger partial charge in [0.05, 0.1) is 36.8 Å². The Kier molecular flexibility index (Phi) is 5.20. The number of amides is 1. The van der Waals surface area contributed by atoms with E-state index in [2.05, 4.69) is 0 Å². The van der Waals surface area contributed by atoms with E-state index in [1.54, 1.807) is 31.2 Å². The predicted octanol–water partition coefficient (Wildman–Crippen LogP) is -3.23. The molecule has 1 aromatic rings. The van der Waals surface area contributed by atoms with Crippen molar-refractivity contribution >= 4 is 17.4 Å². The van der Waals surface area contributed by atoms with E-state index in [1.165, 1.54) is 12.0 Å². The van der Waals surface area contributed by atoms with Crippen molar-refractivity contribution in [1.29, 1.82) is 0 Å². The van der Waals surface area contributed by atoms with E-state index in [1.807, 2.05) is 0 Å². The van der Waals surface area contributed by atoms with E-state index in [9.17, 15) is 19.8 Å². The first kappa shape index (κ1) is 18.0. The molecule has 1 aromatic carbocycles. The first-order chi connectivity index (χ1) is 10.5. The largest absolute Gasteiger partial charge is 1.00 e. The number of benzene rings is 1. The second-order valence-electron chi connectivity index (χ2n) is 5.59. The molecule has 2 aliphatic rings. The molecule has 0 spiro atoms. The van der Waals surface area contributed by atoms with Gasteiger partial charge < -0.3 is 24.6 Å². The van der Waals surface area contributed by atoms with Crippen molar-refractivity contribution in [2.45, 2.75) is 25.5 Å². The number of β-lactam (4-membered cyclic amide) rings is 1. The molecule has 3 rings (SSSR count). The molecule has 0 bridgehead atoms. The first-order valence-electron chi connectivity index (χ1n) is 7.05. The van der Waals surface area contributed by atoms with Gasteiger partial charge in [0, 0.05) is 0 Å². The Morgan fingerprint density at radius 1 is 1.48 bits per heavy atom. The number of fused-ring (bicyclic) bond motifs is 1. The van der Waals surface area contributed by atoms with Crippen LogP contribution < -0.4 is 39.4 Å². The van der Waals surface area contributed by atoms with Crippen LogP contribution in [0, 0.1) is 5.92 Å². The summed E-state index contributed by atoms with van der Waals surface area (Å²) in [5.74, 6) is -1.69. The van der Waals surface area contributed by atoms with Crippen molar-refractivity contribution in [1.82, 2.24) is 4.90 Å². The molecule has 2 aliphatic heterocycles. The van der Waals surface area contributed by atoms with Gasteiger partial charge in [-0.3, -0.25) is 4.79 Å². The Bertz CT molecular complexity index is 685. The normalized spacial score (nSPS) is 23.8. The van der Waals surface area contributed by atoms with Crippen LogP contribution in [0.15, 0.2) is 30.0 Å². The van der Waals surface area contributed by atoms with Crippen LogP contribution in [-0.2, 0) is 9.59 Å². The maximum atomic E-state index is 12.1. The van der Waals surface area contributed by atoms with Gasteiger partial charge in [-0.1, -0.05) is 12.1 Å².